The number of rotatable bonds is 9. The van der Waals surface area contributed by atoms with E-state index in [1.54, 1.807) is 0 Å². The van der Waals surface area contributed by atoms with Crippen molar-refractivity contribution in [3.05, 3.63) is 12.8 Å². The molecule has 0 aliphatic rings. The van der Waals surface area contributed by atoms with Crippen LogP contribution in [0.3, 0.4) is 0 Å². The molecule has 0 bridgehead atoms. The van der Waals surface area contributed by atoms with E-state index in [1.165, 1.54) is 6.26 Å². The van der Waals surface area contributed by atoms with E-state index in [1.807, 2.05) is 0 Å². The van der Waals surface area contributed by atoms with Crippen molar-refractivity contribution in [3.63, 3.8) is 0 Å². The fourth-order valence-corrected chi connectivity index (χ4v) is 0.795. The summed E-state index contributed by atoms with van der Waals surface area (Å²) in [4.78, 5) is 21.9. The first-order valence-corrected chi connectivity index (χ1v) is 4.85. The zero-order valence-corrected chi connectivity index (χ0v) is 9.02. The van der Waals surface area contributed by atoms with Crippen molar-refractivity contribution in [2.45, 2.75) is 12.8 Å². The Morgan fingerprint density at radius 3 is 2.12 bits per heavy atom. The van der Waals surface area contributed by atoms with Gasteiger partial charge in [0, 0.05) is 0 Å². The summed E-state index contributed by atoms with van der Waals surface area (Å²) >= 11 is 0. The Morgan fingerprint density at radius 2 is 1.62 bits per heavy atom. The van der Waals surface area contributed by atoms with E-state index in [4.69, 9.17) is 14.6 Å². The molecule has 0 heterocycles. The van der Waals surface area contributed by atoms with E-state index in [0.29, 0.717) is 0 Å². The molecule has 0 aromatic heterocycles. The fraction of sp³-hybridized carbons (Fsp3) is 0.600. The van der Waals surface area contributed by atoms with Crippen molar-refractivity contribution in [3.8, 4) is 0 Å². The molecule has 0 saturated carbocycles. The van der Waals surface area contributed by atoms with Gasteiger partial charge in [-0.3, -0.25) is 9.59 Å². The lowest BCUT2D eigenvalue weighted by molar-refractivity contribution is -0.151. The van der Waals surface area contributed by atoms with Crippen LogP contribution in [-0.2, 0) is 23.8 Å². The van der Waals surface area contributed by atoms with E-state index < -0.39 is 11.9 Å². The number of carbonyl (C=O) groups excluding carboxylic acids is 2. The summed E-state index contributed by atoms with van der Waals surface area (Å²) in [5.74, 6) is -1.03. The SMILES string of the molecule is C=COCCOC(=O)CCC(=O)OCCO. The molecule has 16 heavy (non-hydrogen) atoms. The zero-order valence-electron chi connectivity index (χ0n) is 9.02. The third-order valence-corrected chi connectivity index (χ3v) is 1.47. The molecular formula is C10H16O6. The largest absolute Gasteiger partial charge is 0.498 e. The van der Waals surface area contributed by atoms with Gasteiger partial charge in [-0.05, 0) is 0 Å². The second-order valence-electron chi connectivity index (χ2n) is 2.70. The number of esters is 2. The van der Waals surface area contributed by atoms with Gasteiger partial charge in [0.25, 0.3) is 0 Å². The lowest BCUT2D eigenvalue weighted by Gasteiger charge is -2.04. The smallest absolute Gasteiger partial charge is 0.306 e. The van der Waals surface area contributed by atoms with Crippen LogP contribution in [0.5, 0.6) is 0 Å². The summed E-state index contributed by atoms with van der Waals surface area (Å²) in [7, 11) is 0. The molecule has 0 aromatic rings. The van der Waals surface area contributed by atoms with Crippen LogP contribution in [0.1, 0.15) is 12.8 Å². The first-order valence-electron chi connectivity index (χ1n) is 4.85. The normalized spacial score (nSPS) is 9.31. The molecule has 0 unspecified atom stereocenters. The number of hydrogen-bond acceptors (Lipinski definition) is 6. The van der Waals surface area contributed by atoms with Crippen molar-refractivity contribution in [2.24, 2.45) is 0 Å². The number of aliphatic hydroxyl groups excluding tert-OH is 1. The minimum absolute atomic E-state index is 0.0433. The third kappa shape index (κ3) is 9.01. The van der Waals surface area contributed by atoms with Gasteiger partial charge in [-0.2, -0.15) is 0 Å². The van der Waals surface area contributed by atoms with E-state index in [9.17, 15) is 9.59 Å². The summed E-state index contributed by atoms with van der Waals surface area (Å²) in [5.41, 5.74) is 0. The Bertz CT molecular complexity index is 225. The highest BCUT2D eigenvalue weighted by Gasteiger charge is 2.08. The Kier molecular flexibility index (Phi) is 9.00. The van der Waals surface area contributed by atoms with Crippen molar-refractivity contribution in [1.29, 1.82) is 0 Å². The van der Waals surface area contributed by atoms with Crippen LogP contribution in [0, 0.1) is 0 Å². The highest BCUT2D eigenvalue weighted by atomic mass is 16.6. The van der Waals surface area contributed by atoms with Crippen LogP contribution in [0.25, 0.3) is 0 Å². The maximum Gasteiger partial charge on any atom is 0.306 e. The van der Waals surface area contributed by atoms with Gasteiger partial charge in [0.2, 0.25) is 0 Å². The Hall–Kier alpha value is -1.56. The third-order valence-electron chi connectivity index (χ3n) is 1.47. The van der Waals surface area contributed by atoms with E-state index in [0.717, 1.165) is 0 Å². The highest BCUT2D eigenvalue weighted by molar-refractivity contribution is 5.77. The van der Waals surface area contributed by atoms with Crippen molar-refractivity contribution < 1.29 is 28.9 Å². The molecule has 6 nitrogen and oxygen atoms in total. The molecule has 0 aromatic carbocycles. The molecule has 0 fully saturated rings. The first kappa shape index (κ1) is 14.4. The standard InChI is InChI=1S/C10H16O6/c1-2-14-7-8-16-10(13)4-3-9(12)15-6-5-11/h2,11H,1,3-8H2. The molecule has 0 aliphatic carbocycles. The molecule has 92 valence electrons. The average Bonchev–Trinajstić information content (AvgIpc) is 2.29. The van der Waals surface area contributed by atoms with E-state index in [2.05, 4.69) is 11.3 Å². The molecule has 0 aliphatic heterocycles. The number of ether oxygens (including phenoxy) is 3. The highest BCUT2D eigenvalue weighted by Crippen LogP contribution is 1.96. The van der Waals surface area contributed by atoms with Crippen LogP contribution in [0.2, 0.25) is 0 Å². The Balaban J connectivity index is 3.42. The zero-order chi connectivity index (χ0) is 12.2. The van der Waals surface area contributed by atoms with Crippen LogP contribution < -0.4 is 0 Å². The molecule has 1 N–H and O–H groups in total. The molecule has 0 atom stereocenters. The second kappa shape index (κ2) is 9.97. The van der Waals surface area contributed by atoms with E-state index in [-0.39, 0.29) is 39.3 Å². The van der Waals surface area contributed by atoms with Gasteiger partial charge < -0.3 is 19.3 Å². The van der Waals surface area contributed by atoms with Gasteiger partial charge in [0.15, 0.2) is 0 Å². The number of aliphatic hydroxyl groups is 1. The molecule has 0 amide bonds. The van der Waals surface area contributed by atoms with Crippen molar-refractivity contribution in [1.82, 2.24) is 0 Å². The maximum atomic E-state index is 11.0. The van der Waals surface area contributed by atoms with Crippen molar-refractivity contribution in [2.75, 3.05) is 26.4 Å². The molecule has 0 saturated heterocycles. The summed E-state index contributed by atoms with van der Waals surface area (Å²) in [6.45, 7) is 3.40. The van der Waals surface area contributed by atoms with Gasteiger partial charge in [-0.25, -0.2) is 0 Å². The van der Waals surface area contributed by atoms with Crippen LogP contribution in [0.15, 0.2) is 12.8 Å². The summed E-state index contributed by atoms with van der Waals surface area (Å²) in [5, 5.41) is 8.37. The lowest BCUT2D eigenvalue weighted by Crippen LogP contribution is -2.13. The summed E-state index contributed by atoms with van der Waals surface area (Å²) in [6.07, 6.45) is 1.15. The van der Waals surface area contributed by atoms with Crippen LogP contribution in [0.4, 0.5) is 0 Å². The van der Waals surface area contributed by atoms with Gasteiger partial charge in [0.05, 0.1) is 25.7 Å². The first-order chi connectivity index (χ1) is 7.70. The monoisotopic (exact) mass is 232 g/mol. The molecule has 0 radical (unpaired) electrons. The van der Waals surface area contributed by atoms with Crippen LogP contribution >= 0.6 is 0 Å². The van der Waals surface area contributed by atoms with Gasteiger partial charge in [0.1, 0.15) is 19.8 Å². The quantitative estimate of drug-likeness (QED) is 0.342. The van der Waals surface area contributed by atoms with Crippen LogP contribution in [-0.4, -0.2) is 43.5 Å². The van der Waals surface area contributed by atoms with Gasteiger partial charge in [-0.15, -0.1) is 0 Å². The summed E-state index contributed by atoms with van der Waals surface area (Å²) in [6, 6.07) is 0. The second-order valence-corrected chi connectivity index (χ2v) is 2.70. The van der Waals surface area contributed by atoms with Gasteiger partial charge in [-0.1, -0.05) is 6.58 Å². The van der Waals surface area contributed by atoms with E-state index >= 15 is 0 Å². The maximum absolute atomic E-state index is 11.0. The Morgan fingerprint density at radius 1 is 1.06 bits per heavy atom. The minimum atomic E-state index is -0.534. The predicted molar refractivity (Wildman–Crippen MR) is 54.4 cm³/mol. The summed E-state index contributed by atoms with van der Waals surface area (Å²) < 4.78 is 14.0. The molecular weight excluding hydrogens is 216 g/mol. The topological polar surface area (TPSA) is 82.1 Å². The lowest BCUT2D eigenvalue weighted by atomic mass is 10.3. The van der Waals surface area contributed by atoms with Crippen molar-refractivity contribution >= 4 is 11.9 Å². The molecule has 0 spiro atoms. The average molecular weight is 232 g/mol. The number of carbonyl (C=O) groups is 2. The van der Waals surface area contributed by atoms with Gasteiger partial charge >= 0.3 is 11.9 Å². The molecule has 6 heteroatoms. The predicted octanol–water partition coefficient (Wildman–Crippen LogP) is 0.00540. The minimum Gasteiger partial charge on any atom is -0.498 e. The fourth-order valence-electron chi connectivity index (χ4n) is 0.795. The molecule has 0 rings (SSSR count). The number of hydrogen-bond donors (Lipinski definition) is 1. The Labute approximate surface area is 93.8 Å².